The van der Waals surface area contributed by atoms with Crippen LogP contribution in [0.1, 0.15) is 11.6 Å². The molecule has 8 aromatic carbocycles. The van der Waals surface area contributed by atoms with Crippen molar-refractivity contribution < 1.29 is 52.6 Å². The number of aryl methyl sites for hydroxylation is 6. The number of hydrogen-bond donors (Lipinski definition) is 3. The Kier molecular flexibility index (Phi) is 30.8. The maximum atomic E-state index is 13.1. The van der Waals surface area contributed by atoms with Crippen LogP contribution in [-0.2, 0) is 50.9 Å². The van der Waals surface area contributed by atoms with Gasteiger partial charge in [-0.15, -0.1) is 0 Å². The Morgan fingerprint density at radius 1 is 0.356 bits per heavy atom. The van der Waals surface area contributed by atoms with Gasteiger partial charge in [0, 0.05) is 224 Å². The number of rotatable bonds is 33. The number of methoxy groups -OCH3 is 8. The van der Waals surface area contributed by atoms with Crippen molar-refractivity contribution in [3.63, 3.8) is 0 Å². The summed E-state index contributed by atoms with van der Waals surface area (Å²) in [6.45, 7) is 5.63. The van der Waals surface area contributed by atoms with Gasteiger partial charge in [0.1, 0.15) is 83.4 Å². The molecule has 1 atom stereocenters. The number of amides is 2. The van der Waals surface area contributed by atoms with Crippen LogP contribution < -0.4 is 68.1 Å². The van der Waals surface area contributed by atoms with Crippen molar-refractivity contribution in [2.24, 2.45) is 28.2 Å². The topological polar surface area (TPSA) is 427 Å². The highest BCUT2D eigenvalue weighted by molar-refractivity contribution is 5.98. The van der Waals surface area contributed by atoms with Gasteiger partial charge in [-0.2, -0.15) is 30.6 Å². The van der Waals surface area contributed by atoms with Gasteiger partial charge in [0.15, 0.2) is 0 Å². The van der Waals surface area contributed by atoms with Gasteiger partial charge in [-0.25, -0.2) is 34.6 Å². The molecule has 20 rings (SSSR count). The molecule has 0 aliphatic rings. The Bertz CT molecular complexity index is 7630. The van der Waals surface area contributed by atoms with E-state index in [4.69, 9.17) is 57.8 Å². The van der Waals surface area contributed by atoms with E-state index in [1.165, 1.54) is 6.33 Å². The predicted molar refractivity (Wildman–Crippen MR) is 554 cm³/mol. The Morgan fingerprint density at radius 2 is 0.705 bits per heavy atom. The number of hydrogen-bond acceptors (Lipinski definition) is 33. The van der Waals surface area contributed by atoms with Crippen LogP contribution in [-0.4, -0.2) is 225 Å². The molecule has 0 saturated heterocycles. The van der Waals surface area contributed by atoms with Crippen LogP contribution in [0.2, 0.25) is 0 Å². The van der Waals surface area contributed by atoms with Crippen molar-refractivity contribution in [2.75, 3.05) is 113 Å². The number of aromatic nitrogens is 24. The average molecular weight is 1960 g/mol. The molecular formula is C105H104N30O11. The van der Waals surface area contributed by atoms with Gasteiger partial charge in [0.2, 0.25) is 11.8 Å². The zero-order valence-electron chi connectivity index (χ0n) is 82.4. The van der Waals surface area contributed by atoms with Crippen molar-refractivity contribution in [1.29, 1.82) is 0 Å². The van der Waals surface area contributed by atoms with Crippen LogP contribution in [0.5, 0.6) is 46.0 Å². The molecule has 146 heavy (non-hydrogen) atoms. The third kappa shape index (κ3) is 24.4. The van der Waals surface area contributed by atoms with Gasteiger partial charge in [-0.3, -0.25) is 62.9 Å². The molecule has 0 aliphatic heterocycles. The quantitative estimate of drug-likeness (QED) is 0.0344. The fourth-order valence-electron chi connectivity index (χ4n) is 15.9. The molecule has 12 heterocycles. The lowest BCUT2D eigenvalue weighted by molar-refractivity contribution is -0.115. The monoisotopic (exact) mass is 1960 g/mol. The molecule has 740 valence electrons. The Morgan fingerprint density at radius 3 is 1.03 bits per heavy atom. The fourth-order valence-corrected chi connectivity index (χ4v) is 15.9. The van der Waals surface area contributed by atoms with Crippen LogP contribution in [0.25, 0.3) is 89.2 Å². The summed E-state index contributed by atoms with van der Waals surface area (Å²) in [6.07, 6.45) is 30.6. The number of carbonyl (C=O) groups excluding carboxylic acids is 2. The molecule has 2 amide bonds. The lowest BCUT2D eigenvalue weighted by Gasteiger charge is -2.28. The number of ether oxygens (including phenoxy) is 8. The largest absolute Gasteiger partial charge is 0.497 e. The van der Waals surface area contributed by atoms with Crippen LogP contribution >= 0.6 is 0 Å². The lowest BCUT2D eigenvalue weighted by atomic mass is 10.1. The van der Waals surface area contributed by atoms with Crippen LogP contribution in [0, 0.1) is 13.8 Å². The Hall–Kier alpha value is -19.0. The third-order valence-electron chi connectivity index (χ3n) is 23.2. The standard InChI is InChI=1S/2C27H25N7O3.C26H28N8O3.C25H26N8O2/c1-33-16-18(14-30-33)26-15-29-24-5-4-20(12-25(24)32-26)34(17-27(35)31-19-6-8-28-9-7-19)21-10-22(36-2)13-23(11-21)37-3;1-33-16-18(13-30-33)26-15-29-24-7-6-20(11-25(24)32-26)34(17-27(35)31-19-5-4-8-28-14-19)21-9-22(36-2)12-23(10-21)37-3;1-17-28-16-30-34(17)15-21(35)14-33(20-7-22(36-3)10-23(8-20)37-4)19-5-6-24-25(9-19)31-26(12-27-24)18-11-29-32(2)13-18;1-17-27-16-32(30-17)7-8-33(20-9-21(34-3)12-22(10-20)35-4)19-5-6-23-24(11-19)29-25(14-26-23)18-13-28-31(2)15-18/h4-16H,17H2,1-3H3,(H,28,31,35);4-16H,17H2,1-3H3,(H,31,35);5-13,16,21,35H,14-15H2,1-4H3;5-6,9-16H,7-8H2,1-4H3. The second-order valence-electron chi connectivity index (χ2n) is 33.3. The van der Waals surface area contributed by atoms with E-state index in [-0.39, 0.29) is 31.4 Å². The SMILES string of the molecule is COc1cc(OC)cc(N(CC(=O)Nc2cccnc2)c2ccc3ncc(-c4cnn(C)c4)nc3c2)c1.COc1cc(OC)cc(N(CC(=O)Nc2ccncc2)c2ccc3ncc(-c4cnn(C)c4)nc3c2)c1.COc1cc(OC)cc(N(CC(O)Cn2ncnc2C)c2ccc3ncc(-c4cnn(C)c4)nc3c2)c1.COc1cc(OC)cc(N(CCn2cnc(C)n2)c2ccc3ncc(-c4cnn(C)c4)nc3c2)c1. The number of nitrogens with one attached hydrogen (secondary N) is 2. The van der Waals surface area contributed by atoms with E-state index in [2.05, 4.69) is 86.0 Å². The summed E-state index contributed by atoms with van der Waals surface area (Å²) in [6, 6.07) is 52.7. The summed E-state index contributed by atoms with van der Waals surface area (Å²) in [7, 11) is 20.3. The maximum absolute atomic E-state index is 13.1. The molecule has 20 aromatic rings. The van der Waals surface area contributed by atoms with E-state index >= 15 is 0 Å². The number of aliphatic hydroxyl groups excluding tert-OH is 1. The zero-order chi connectivity index (χ0) is 102. The van der Waals surface area contributed by atoms with E-state index < -0.39 is 6.10 Å². The summed E-state index contributed by atoms with van der Waals surface area (Å²) in [4.78, 5) is 88.3. The number of pyridine rings is 2. The molecule has 0 aliphatic carbocycles. The van der Waals surface area contributed by atoms with Gasteiger partial charge in [0.25, 0.3) is 0 Å². The Balaban J connectivity index is 0.000000133. The van der Waals surface area contributed by atoms with Gasteiger partial charge < -0.3 is 73.2 Å². The highest BCUT2D eigenvalue weighted by Gasteiger charge is 2.25. The summed E-state index contributed by atoms with van der Waals surface area (Å²) >= 11 is 0. The van der Waals surface area contributed by atoms with E-state index in [9.17, 15) is 14.7 Å². The van der Waals surface area contributed by atoms with Gasteiger partial charge in [0.05, 0.1) is 211 Å². The predicted octanol–water partition coefficient (Wildman–Crippen LogP) is 15.4. The van der Waals surface area contributed by atoms with Crippen molar-refractivity contribution in [3.05, 3.63) is 293 Å². The Labute approximate surface area is 838 Å². The molecule has 41 nitrogen and oxygen atoms in total. The van der Waals surface area contributed by atoms with Crippen LogP contribution in [0.15, 0.2) is 282 Å². The minimum absolute atomic E-state index is 0.0203. The van der Waals surface area contributed by atoms with Gasteiger partial charge >= 0.3 is 0 Å². The number of anilines is 10. The molecule has 0 saturated carbocycles. The van der Waals surface area contributed by atoms with Crippen molar-refractivity contribution in [3.8, 4) is 91.0 Å². The zero-order valence-corrected chi connectivity index (χ0v) is 82.4. The van der Waals surface area contributed by atoms with Gasteiger partial charge in [-0.05, 0) is 111 Å². The molecular weight excluding hydrogens is 1860 g/mol. The molecule has 3 N–H and O–H groups in total. The molecule has 0 fully saturated rings. The second-order valence-corrected chi connectivity index (χ2v) is 33.3. The maximum Gasteiger partial charge on any atom is 0.244 e. The number of fused-ring (bicyclic) bond motifs is 4. The second kappa shape index (κ2) is 45.5. The number of benzene rings is 8. The van der Waals surface area contributed by atoms with Crippen molar-refractivity contribution in [2.45, 2.75) is 33.0 Å². The van der Waals surface area contributed by atoms with Gasteiger partial charge in [-0.1, -0.05) is 0 Å². The average Bonchev–Trinajstić information content (AvgIpc) is 1.80. The van der Waals surface area contributed by atoms with E-state index in [0.717, 1.165) is 118 Å². The van der Waals surface area contributed by atoms with E-state index in [1.807, 2.05) is 220 Å². The molecule has 41 heteroatoms. The highest BCUT2D eigenvalue weighted by atomic mass is 16.5. The van der Waals surface area contributed by atoms with E-state index in [1.54, 1.807) is 197 Å². The highest BCUT2D eigenvalue weighted by Crippen LogP contribution is 2.41. The van der Waals surface area contributed by atoms with E-state index in [0.29, 0.717) is 105 Å². The first-order valence-corrected chi connectivity index (χ1v) is 45.8. The molecule has 0 bridgehead atoms. The number of nitrogens with zero attached hydrogens (tertiary/aromatic N) is 28. The third-order valence-corrected chi connectivity index (χ3v) is 23.2. The van der Waals surface area contributed by atoms with Crippen molar-refractivity contribution in [1.82, 2.24) is 118 Å². The molecule has 12 aromatic heterocycles. The molecule has 1 unspecified atom stereocenters. The molecule has 0 spiro atoms. The first-order valence-electron chi connectivity index (χ1n) is 45.8. The summed E-state index contributed by atoms with van der Waals surface area (Å²) in [5, 5.41) is 42.5. The smallest absolute Gasteiger partial charge is 0.244 e. The summed E-state index contributed by atoms with van der Waals surface area (Å²) < 4.78 is 54.4. The summed E-state index contributed by atoms with van der Waals surface area (Å²) in [5.41, 5.74) is 20.1. The minimum atomic E-state index is -0.749. The lowest BCUT2D eigenvalue weighted by Crippen LogP contribution is -2.32. The molecule has 0 radical (unpaired) electrons. The first-order chi connectivity index (χ1) is 71.0. The fraction of sp³-hybridized carbons (Fsp3) is 0.200. The number of aliphatic hydroxyl groups is 1. The normalized spacial score (nSPS) is 11.2. The van der Waals surface area contributed by atoms with Crippen molar-refractivity contribution >= 4 is 113 Å². The summed E-state index contributed by atoms with van der Waals surface area (Å²) in [5.74, 6) is 6.16. The van der Waals surface area contributed by atoms with Crippen LogP contribution in [0.3, 0.4) is 0 Å². The minimum Gasteiger partial charge on any atom is -0.497 e. The van der Waals surface area contributed by atoms with Crippen LogP contribution in [0.4, 0.5) is 56.9 Å². The number of carbonyl (C=O) groups is 2. The first kappa shape index (κ1) is 98.6.